The molecule has 124 valence electrons. The molecule has 0 aliphatic heterocycles. The van der Waals surface area contributed by atoms with Crippen LogP contribution >= 0.6 is 27.3 Å². The number of hydrogen-bond acceptors (Lipinski definition) is 4. The quantitative estimate of drug-likeness (QED) is 0.643. The van der Waals surface area contributed by atoms with Gasteiger partial charge >= 0.3 is 0 Å². The Morgan fingerprint density at radius 2 is 2.04 bits per heavy atom. The number of Topliss-reactive ketones (excluding diaryl/α,β-unsaturated/α-hetero) is 1. The Labute approximate surface area is 152 Å². The minimum atomic E-state index is -0.0802. The summed E-state index contributed by atoms with van der Waals surface area (Å²) in [5, 5.41) is 2.60. The van der Waals surface area contributed by atoms with E-state index in [-0.39, 0.29) is 11.3 Å². The van der Waals surface area contributed by atoms with E-state index in [0.29, 0.717) is 24.2 Å². The van der Waals surface area contributed by atoms with Gasteiger partial charge < -0.3 is 0 Å². The number of hydrogen-bond donors (Lipinski definition) is 0. The van der Waals surface area contributed by atoms with Crippen molar-refractivity contribution in [3.05, 3.63) is 49.8 Å². The van der Waals surface area contributed by atoms with E-state index < -0.39 is 0 Å². The fraction of sp³-hybridized carbons (Fsp3) is 0.278. The molecule has 0 spiro atoms. The average molecular weight is 405 g/mol. The maximum Gasteiger partial charge on any atom is 0.262 e. The van der Waals surface area contributed by atoms with Crippen LogP contribution in [-0.4, -0.2) is 15.3 Å². The number of carbonyl (C=O) groups is 1. The number of halogens is 1. The van der Waals surface area contributed by atoms with Crippen LogP contribution in [-0.2, 0) is 11.3 Å². The van der Waals surface area contributed by atoms with Crippen molar-refractivity contribution in [2.75, 3.05) is 0 Å². The first-order valence-electron chi connectivity index (χ1n) is 7.63. The molecular formula is C18H17BrN2O2S. The van der Waals surface area contributed by atoms with Gasteiger partial charge in [0.1, 0.15) is 16.4 Å². The zero-order chi connectivity index (χ0) is 17.4. The van der Waals surface area contributed by atoms with Crippen LogP contribution in [0.1, 0.15) is 24.7 Å². The fourth-order valence-corrected chi connectivity index (χ4v) is 4.14. The van der Waals surface area contributed by atoms with Crippen molar-refractivity contribution < 1.29 is 4.79 Å². The van der Waals surface area contributed by atoms with Gasteiger partial charge in [0.15, 0.2) is 0 Å². The van der Waals surface area contributed by atoms with Gasteiger partial charge in [-0.05, 0) is 32.4 Å². The van der Waals surface area contributed by atoms with Crippen molar-refractivity contribution in [1.82, 2.24) is 9.55 Å². The number of aryl methyl sites for hydroxylation is 2. The first kappa shape index (κ1) is 17.0. The van der Waals surface area contributed by atoms with E-state index in [9.17, 15) is 9.59 Å². The Hall–Kier alpha value is -1.79. The molecule has 0 radical (unpaired) electrons. The number of aromatic nitrogens is 2. The van der Waals surface area contributed by atoms with Crippen LogP contribution in [0.25, 0.3) is 21.3 Å². The second-order valence-corrected chi connectivity index (χ2v) is 7.59. The Morgan fingerprint density at radius 1 is 1.29 bits per heavy atom. The normalized spacial score (nSPS) is 11.2. The number of benzene rings is 1. The molecule has 24 heavy (non-hydrogen) atoms. The highest BCUT2D eigenvalue weighted by Crippen LogP contribution is 2.36. The summed E-state index contributed by atoms with van der Waals surface area (Å²) in [6.07, 6.45) is 0.335. The summed E-state index contributed by atoms with van der Waals surface area (Å²) in [4.78, 5) is 29.6. The number of ketones is 1. The van der Waals surface area contributed by atoms with Crippen molar-refractivity contribution in [3.8, 4) is 11.1 Å². The average Bonchev–Trinajstić information content (AvgIpc) is 2.92. The molecule has 1 aromatic carbocycles. The van der Waals surface area contributed by atoms with Crippen molar-refractivity contribution in [2.45, 2.75) is 33.7 Å². The predicted molar refractivity (Wildman–Crippen MR) is 102 cm³/mol. The minimum absolute atomic E-state index is 0.0633. The molecule has 0 aliphatic rings. The topological polar surface area (TPSA) is 52.0 Å². The van der Waals surface area contributed by atoms with E-state index in [1.807, 2.05) is 31.4 Å². The molecule has 3 rings (SSSR count). The standard InChI is InChI=1S/C18H17BrN2O2S/c1-10-4-5-15(19)13(8-10)14-9-24-17-16(14)18(23)21(12(3)20-17)7-6-11(2)22/h4-5,8-9H,6-7H2,1-3H3. The van der Waals surface area contributed by atoms with Gasteiger partial charge in [-0.25, -0.2) is 4.98 Å². The van der Waals surface area contributed by atoms with E-state index in [0.717, 1.165) is 26.0 Å². The predicted octanol–water partition coefficient (Wildman–Crippen LogP) is 4.48. The molecular weight excluding hydrogens is 388 g/mol. The van der Waals surface area contributed by atoms with Gasteiger partial charge in [0.2, 0.25) is 0 Å². The van der Waals surface area contributed by atoms with Gasteiger partial charge in [0.25, 0.3) is 5.56 Å². The summed E-state index contributed by atoms with van der Waals surface area (Å²) in [5.74, 6) is 0.707. The summed E-state index contributed by atoms with van der Waals surface area (Å²) >= 11 is 5.05. The molecule has 0 aliphatic carbocycles. The second-order valence-electron chi connectivity index (χ2n) is 5.88. The lowest BCUT2D eigenvalue weighted by atomic mass is 10.0. The van der Waals surface area contributed by atoms with Gasteiger partial charge in [-0.1, -0.05) is 33.6 Å². The number of nitrogens with zero attached hydrogens (tertiary/aromatic N) is 2. The van der Waals surface area contributed by atoms with Crippen LogP contribution in [0.15, 0.2) is 32.8 Å². The summed E-state index contributed by atoms with van der Waals surface area (Å²) in [6, 6.07) is 6.07. The van der Waals surface area contributed by atoms with Gasteiger partial charge in [-0.3, -0.25) is 14.2 Å². The van der Waals surface area contributed by atoms with Crippen LogP contribution in [0, 0.1) is 13.8 Å². The number of fused-ring (bicyclic) bond motifs is 1. The Balaban J connectivity index is 2.24. The highest BCUT2D eigenvalue weighted by Gasteiger charge is 2.17. The maximum absolute atomic E-state index is 13.0. The van der Waals surface area contributed by atoms with E-state index in [1.165, 1.54) is 18.3 Å². The van der Waals surface area contributed by atoms with Crippen LogP contribution in [0.2, 0.25) is 0 Å². The Kier molecular flexibility index (Phi) is 4.69. The molecule has 3 aromatic rings. The molecule has 0 saturated carbocycles. The monoisotopic (exact) mass is 404 g/mol. The smallest absolute Gasteiger partial charge is 0.262 e. The van der Waals surface area contributed by atoms with E-state index in [4.69, 9.17) is 0 Å². The van der Waals surface area contributed by atoms with Crippen LogP contribution in [0.5, 0.6) is 0 Å². The van der Waals surface area contributed by atoms with Crippen LogP contribution in [0.4, 0.5) is 0 Å². The summed E-state index contributed by atoms with van der Waals surface area (Å²) < 4.78 is 2.55. The third kappa shape index (κ3) is 3.08. The van der Waals surface area contributed by atoms with Crippen molar-refractivity contribution in [3.63, 3.8) is 0 Å². The molecule has 0 bridgehead atoms. The Morgan fingerprint density at radius 3 is 2.75 bits per heavy atom. The third-order valence-electron chi connectivity index (χ3n) is 3.98. The molecule has 0 unspecified atom stereocenters. The van der Waals surface area contributed by atoms with Crippen LogP contribution in [0.3, 0.4) is 0 Å². The van der Waals surface area contributed by atoms with Gasteiger partial charge in [-0.2, -0.15) is 0 Å². The van der Waals surface area contributed by atoms with E-state index >= 15 is 0 Å². The Bertz CT molecular complexity index is 1000. The highest BCUT2D eigenvalue weighted by atomic mass is 79.9. The number of rotatable bonds is 4. The second kappa shape index (κ2) is 6.61. The van der Waals surface area contributed by atoms with Gasteiger partial charge in [-0.15, -0.1) is 11.3 Å². The zero-order valence-electron chi connectivity index (χ0n) is 13.7. The molecule has 6 heteroatoms. The summed E-state index contributed by atoms with van der Waals surface area (Å²) in [7, 11) is 0. The fourth-order valence-electron chi connectivity index (χ4n) is 2.70. The van der Waals surface area contributed by atoms with E-state index in [2.05, 4.69) is 27.0 Å². The maximum atomic E-state index is 13.0. The SMILES string of the molecule is CC(=O)CCn1c(C)nc2scc(-c3cc(C)ccc3Br)c2c1=O. The van der Waals surface area contributed by atoms with Crippen molar-refractivity contribution >= 4 is 43.3 Å². The number of carbonyl (C=O) groups excluding carboxylic acids is 1. The van der Waals surface area contributed by atoms with Gasteiger partial charge in [0.05, 0.1) is 5.39 Å². The van der Waals surface area contributed by atoms with Gasteiger partial charge in [0, 0.05) is 28.4 Å². The zero-order valence-corrected chi connectivity index (χ0v) is 16.1. The molecule has 0 fully saturated rings. The van der Waals surface area contributed by atoms with E-state index in [1.54, 1.807) is 4.57 Å². The summed E-state index contributed by atoms with van der Waals surface area (Å²) in [6.45, 7) is 5.74. The largest absolute Gasteiger partial charge is 0.300 e. The lowest BCUT2D eigenvalue weighted by Gasteiger charge is -2.10. The first-order valence-corrected chi connectivity index (χ1v) is 9.30. The molecule has 0 amide bonds. The molecule has 0 saturated heterocycles. The third-order valence-corrected chi connectivity index (χ3v) is 5.55. The summed E-state index contributed by atoms with van der Waals surface area (Å²) in [5.41, 5.74) is 2.93. The lowest BCUT2D eigenvalue weighted by molar-refractivity contribution is -0.117. The number of thiophene rings is 1. The highest BCUT2D eigenvalue weighted by molar-refractivity contribution is 9.10. The molecule has 0 N–H and O–H groups in total. The van der Waals surface area contributed by atoms with Crippen LogP contribution < -0.4 is 5.56 Å². The minimum Gasteiger partial charge on any atom is -0.300 e. The molecule has 2 aromatic heterocycles. The van der Waals surface area contributed by atoms with Crippen molar-refractivity contribution in [2.24, 2.45) is 0 Å². The lowest BCUT2D eigenvalue weighted by Crippen LogP contribution is -2.24. The molecule has 0 atom stereocenters. The first-order chi connectivity index (χ1) is 11.4. The molecule has 4 nitrogen and oxygen atoms in total. The molecule has 2 heterocycles. The van der Waals surface area contributed by atoms with Crippen molar-refractivity contribution in [1.29, 1.82) is 0 Å².